The van der Waals surface area contributed by atoms with E-state index in [-0.39, 0.29) is 11.7 Å². The van der Waals surface area contributed by atoms with E-state index in [0.29, 0.717) is 21.6 Å². The number of thioether (sulfide) groups is 1. The van der Waals surface area contributed by atoms with Gasteiger partial charge in [-0.15, -0.1) is 21.5 Å². The predicted octanol–water partition coefficient (Wildman–Crippen LogP) is 2.39. The van der Waals surface area contributed by atoms with Crippen LogP contribution in [0, 0.1) is 5.92 Å². The molecule has 140 valence electrons. The van der Waals surface area contributed by atoms with E-state index in [1.807, 2.05) is 18.5 Å². The van der Waals surface area contributed by atoms with Crippen LogP contribution < -0.4 is 11.1 Å². The highest BCUT2D eigenvalue weighted by atomic mass is 32.2. The number of carbonyl (C=O) groups excluding carboxylic acids is 2. The lowest BCUT2D eigenvalue weighted by molar-refractivity contribution is -0.113. The molecular weight excluding hydrogens is 370 g/mol. The Hall–Kier alpha value is -1.87. The van der Waals surface area contributed by atoms with E-state index in [2.05, 4.69) is 22.4 Å². The molecule has 2 amide bonds. The fourth-order valence-electron chi connectivity index (χ4n) is 3.17. The van der Waals surface area contributed by atoms with Crippen LogP contribution in [0.2, 0.25) is 0 Å². The third kappa shape index (κ3) is 3.78. The number of nitrogens with one attached hydrogen (secondary N) is 1. The minimum atomic E-state index is -0.471. The van der Waals surface area contributed by atoms with Gasteiger partial charge in [-0.25, -0.2) is 0 Å². The molecule has 0 saturated carbocycles. The lowest BCUT2D eigenvalue weighted by Crippen LogP contribution is -2.20. The molecule has 1 aliphatic rings. The summed E-state index contributed by atoms with van der Waals surface area (Å²) in [6.07, 6.45) is 3.61. The summed E-state index contributed by atoms with van der Waals surface area (Å²) < 4.78 is 1.89. The smallest absolute Gasteiger partial charge is 0.251 e. The van der Waals surface area contributed by atoms with E-state index in [1.54, 1.807) is 0 Å². The molecule has 0 aliphatic heterocycles. The van der Waals surface area contributed by atoms with E-state index in [1.165, 1.54) is 28.0 Å². The number of nitrogens with zero attached hydrogens (tertiary/aromatic N) is 3. The summed E-state index contributed by atoms with van der Waals surface area (Å²) >= 11 is 2.81. The van der Waals surface area contributed by atoms with Crippen molar-refractivity contribution in [3.05, 3.63) is 21.8 Å². The number of carbonyl (C=O) groups is 2. The second-order valence-corrected chi connectivity index (χ2v) is 8.62. The third-order valence-electron chi connectivity index (χ3n) is 4.58. The maximum atomic E-state index is 12.4. The molecule has 9 heteroatoms. The van der Waals surface area contributed by atoms with Gasteiger partial charge in [-0.3, -0.25) is 9.59 Å². The zero-order chi connectivity index (χ0) is 18.8. The largest absolute Gasteiger partial charge is 0.365 e. The van der Waals surface area contributed by atoms with E-state index in [0.717, 1.165) is 37.1 Å². The Kier molecular flexibility index (Phi) is 5.67. The maximum absolute atomic E-state index is 12.4. The van der Waals surface area contributed by atoms with Gasteiger partial charge >= 0.3 is 0 Å². The van der Waals surface area contributed by atoms with Crippen molar-refractivity contribution in [1.29, 1.82) is 0 Å². The Morgan fingerprint density at radius 3 is 2.85 bits per heavy atom. The number of hydrogen-bond donors (Lipinski definition) is 2. The van der Waals surface area contributed by atoms with Crippen LogP contribution in [0.3, 0.4) is 0 Å². The van der Waals surface area contributed by atoms with Crippen LogP contribution in [0.25, 0.3) is 0 Å². The van der Waals surface area contributed by atoms with Crippen LogP contribution in [0.4, 0.5) is 5.00 Å². The van der Waals surface area contributed by atoms with Crippen molar-refractivity contribution >= 4 is 39.9 Å². The molecule has 1 atom stereocenters. The number of fused-ring (bicyclic) bond motifs is 1. The summed E-state index contributed by atoms with van der Waals surface area (Å²) in [4.78, 5) is 25.5. The zero-order valence-electron chi connectivity index (χ0n) is 15.2. The van der Waals surface area contributed by atoms with Crippen LogP contribution in [0.5, 0.6) is 0 Å². The molecule has 26 heavy (non-hydrogen) atoms. The van der Waals surface area contributed by atoms with Gasteiger partial charge in [0.25, 0.3) is 5.91 Å². The van der Waals surface area contributed by atoms with Crippen molar-refractivity contribution in [2.24, 2.45) is 18.7 Å². The van der Waals surface area contributed by atoms with Crippen molar-refractivity contribution in [3.63, 3.8) is 0 Å². The normalized spacial score (nSPS) is 16.3. The molecule has 2 heterocycles. The predicted molar refractivity (Wildman–Crippen MR) is 104 cm³/mol. The van der Waals surface area contributed by atoms with Gasteiger partial charge in [-0.2, -0.15) is 0 Å². The van der Waals surface area contributed by atoms with Gasteiger partial charge < -0.3 is 15.6 Å². The number of nitrogens with two attached hydrogens (primary N) is 1. The van der Waals surface area contributed by atoms with Crippen LogP contribution in [-0.2, 0) is 31.1 Å². The maximum Gasteiger partial charge on any atom is 0.251 e. The molecule has 0 saturated heterocycles. The molecule has 0 radical (unpaired) electrons. The van der Waals surface area contributed by atoms with Crippen molar-refractivity contribution in [2.45, 2.75) is 44.7 Å². The average molecular weight is 394 g/mol. The molecule has 3 N–H and O–H groups in total. The summed E-state index contributed by atoms with van der Waals surface area (Å²) in [6.45, 7) is 4.21. The molecule has 7 nitrogen and oxygen atoms in total. The van der Waals surface area contributed by atoms with Gasteiger partial charge in [0.15, 0.2) is 5.16 Å². The molecule has 0 bridgehead atoms. The zero-order valence-corrected chi connectivity index (χ0v) is 16.8. The molecular formula is C17H23N5O2S2. The number of thiophene rings is 1. The van der Waals surface area contributed by atoms with Gasteiger partial charge in [0.2, 0.25) is 5.91 Å². The van der Waals surface area contributed by atoms with Gasteiger partial charge in [-0.1, -0.05) is 25.6 Å². The Labute approximate surface area is 160 Å². The number of hydrogen-bond acceptors (Lipinski definition) is 6. The first-order valence-corrected chi connectivity index (χ1v) is 10.5. The Morgan fingerprint density at radius 2 is 2.19 bits per heavy atom. The first-order valence-electron chi connectivity index (χ1n) is 8.65. The van der Waals surface area contributed by atoms with E-state index in [4.69, 9.17) is 5.73 Å². The van der Waals surface area contributed by atoms with Crippen LogP contribution >= 0.6 is 23.1 Å². The monoisotopic (exact) mass is 393 g/mol. The highest BCUT2D eigenvalue weighted by molar-refractivity contribution is 7.99. The van der Waals surface area contributed by atoms with Crippen LogP contribution in [0.1, 0.15) is 46.9 Å². The van der Waals surface area contributed by atoms with E-state index >= 15 is 0 Å². The lowest BCUT2D eigenvalue weighted by atomic mass is 9.88. The topological polar surface area (TPSA) is 103 Å². The Balaban J connectivity index is 1.71. The second kappa shape index (κ2) is 7.79. The lowest BCUT2D eigenvalue weighted by Gasteiger charge is -2.18. The number of aromatic nitrogens is 3. The summed E-state index contributed by atoms with van der Waals surface area (Å²) in [6, 6.07) is 0. The quantitative estimate of drug-likeness (QED) is 0.734. The first-order chi connectivity index (χ1) is 12.4. The fraction of sp³-hybridized carbons (Fsp3) is 0.529. The summed E-state index contributed by atoms with van der Waals surface area (Å²) in [7, 11) is 1.89. The number of rotatable bonds is 6. The molecule has 3 rings (SSSR count). The molecule has 0 fully saturated rings. The summed E-state index contributed by atoms with van der Waals surface area (Å²) in [5.41, 5.74) is 7.09. The molecule has 2 aromatic rings. The van der Waals surface area contributed by atoms with Gasteiger partial charge in [-0.05, 0) is 30.7 Å². The molecule has 0 spiro atoms. The minimum absolute atomic E-state index is 0.176. The van der Waals surface area contributed by atoms with Crippen molar-refractivity contribution in [1.82, 2.24) is 14.8 Å². The molecule has 0 aromatic carbocycles. The van der Waals surface area contributed by atoms with Gasteiger partial charge in [0, 0.05) is 18.3 Å². The molecule has 0 unspecified atom stereocenters. The third-order valence-corrected chi connectivity index (χ3v) is 6.77. The summed E-state index contributed by atoms with van der Waals surface area (Å²) in [5, 5.41) is 12.3. The number of anilines is 1. The Morgan fingerprint density at radius 1 is 1.42 bits per heavy atom. The SMILES string of the molecule is CCc1nnc(SCC(=O)Nc2sc3c(c2C(N)=O)CC[C@H](C)C3)n1C. The standard InChI is InChI=1S/C17H23N5O2S2/c1-4-12-20-21-17(22(12)3)25-8-13(23)19-16-14(15(18)24)10-6-5-9(2)7-11(10)26-16/h9H,4-8H2,1-3H3,(H2,18,24)(H,19,23)/t9-/m0/s1. The van der Waals surface area contributed by atoms with E-state index < -0.39 is 5.91 Å². The van der Waals surface area contributed by atoms with Crippen LogP contribution in [-0.4, -0.2) is 32.3 Å². The summed E-state index contributed by atoms with van der Waals surface area (Å²) in [5.74, 6) is 1.02. The second-order valence-electron chi connectivity index (χ2n) is 6.57. The van der Waals surface area contributed by atoms with Gasteiger partial charge in [0.05, 0.1) is 11.3 Å². The molecule has 1 aliphatic carbocycles. The van der Waals surface area contributed by atoms with Crippen molar-refractivity contribution < 1.29 is 9.59 Å². The average Bonchev–Trinajstić information content (AvgIpc) is 3.12. The van der Waals surface area contributed by atoms with Crippen LogP contribution in [0.15, 0.2) is 5.16 Å². The highest BCUT2D eigenvalue weighted by Gasteiger charge is 2.27. The minimum Gasteiger partial charge on any atom is -0.365 e. The molecule has 2 aromatic heterocycles. The van der Waals surface area contributed by atoms with Crippen molar-refractivity contribution in [3.8, 4) is 0 Å². The first kappa shape index (κ1) is 18.9. The van der Waals surface area contributed by atoms with E-state index in [9.17, 15) is 9.59 Å². The Bertz CT molecular complexity index is 843. The highest BCUT2D eigenvalue weighted by Crippen LogP contribution is 2.39. The fourth-order valence-corrected chi connectivity index (χ4v) is 5.33. The number of primary amides is 1. The van der Waals surface area contributed by atoms with Crippen molar-refractivity contribution in [2.75, 3.05) is 11.1 Å². The number of aryl methyl sites for hydroxylation is 1. The number of amides is 2. The van der Waals surface area contributed by atoms with Gasteiger partial charge in [0.1, 0.15) is 10.8 Å².